The van der Waals surface area contributed by atoms with Crippen LogP contribution in [0.3, 0.4) is 0 Å². The number of halogens is 1. The Morgan fingerprint density at radius 3 is 2.80 bits per heavy atom. The maximum Gasteiger partial charge on any atom is 0.259 e. The van der Waals surface area contributed by atoms with Gasteiger partial charge in [-0.1, -0.05) is 30.3 Å². The number of hydrogen-bond donors (Lipinski definition) is 3. The number of benzene rings is 1. The summed E-state index contributed by atoms with van der Waals surface area (Å²) in [6.45, 7) is 0.990. The van der Waals surface area contributed by atoms with Gasteiger partial charge in [0.2, 0.25) is 5.67 Å². The number of carbonyl (C=O) groups is 1. The Labute approximate surface area is 118 Å². The third-order valence-corrected chi connectivity index (χ3v) is 3.77. The van der Waals surface area contributed by atoms with Crippen LogP contribution in [0.1, 0.15) is 24.3 Å². The highest BCUT2D eigenvalue weighted by Gasteiger charge is 2.41. The van der Waals surface area contributed by atoms with Crippen molar-refractivity contribution in [2.24, 2.45) is 0 Å². The van der Waals surface area contributed by atoms with Gasteiger partial charge in [-0.15, -0.1) is 0 Å². The molecular formula is C15H21FN2O2. The zero-order valence-electron chi connectivity index (χ0n) is 11.4. The van der Waals surface area contributed by atoms with Gasteiger partial charge in [-0.05, 0) is 18.5 Å². The van der Waals surface area contributed by atoms with Gasteiger partial charge >= 0.3 is 0 Å². The van der Waals surface area contributed by atoms with Gasteiger partial charge in [-0.3, -0.25) is 4.79 Å². The van der Waals surface area contributed by atoms with Crippen LogP contribution in [0.2, 0.25) is 0 Å². The van der Waals surface area contributed by atoms with E-state index in [0.717, 1.165) is 5.56 Å². The number of amides is 1. The number of nitrogens with one attached hydrogen (secondary N) is 2. The van der Waals surface area contributed by atoms with Crippen molar-refractivity contribution in [3.05, 3.63) is 35.9 Å². The molecule has 1 aliphatic heterocycles. The summed E-state index contributed by atoms with van der Waals surface area (Å²) in [7, 11) is 0. The van der Waals surface area contributed by atoms with Crippen LogP contribution in [0.4, 0.5) is 4.39 Å². The standard InChI is InChI=1S/C15H21FN2O2/c16-15(7-8-17-11-15)14(20)18-10-13(6-9-19)12-4-2-1-3-5-12/h1-5,13,17,19H,6-11H2,(H,18,20). The Balaban J connectivity index is 1.94. The zero-order chi connectivity index (χ0) is 14.4. The average molecular weight is 280 g/mol. The van der Waals surface area contributed by atoms with Crippen LogP contribution in [-0.4, -0.2) is 42.9 Å². The molecule has 0 aliphatic carbocycles. The molecule has 1 aromatic carbocycles. The second-order valence-electron chi connectivity index (χ2n) is 5.22. The molecule has 0 bridgehead atoms. The Kier molecular flexibility index (Phi) is 5.09. The molecule has 2 unspecified atom stereocenters. The second kappa shape index (κ2) is 6.81. The first kappa shape index (κ1) is 14.9. The fraction of sp³-hybridized carbons (Fsp3) is 0.533. The highest BCUT2D eigenvalue weighted by atomic mass is 19.1. The van der Waals surface area contributed by atoms with Crippen LogP contribution >= 0.6 is 0 Å². The van der Waals surface area contributed by atoms with Crippen LogP contribution in [0.25, 0.3) is 0 Å². The van der Waals surface area contributed by atoms with Crippen molar-refractivity contribution in [3.63, 3.8) is 0 Å². The molecule has 5 heteroatoms. The number of aliphatic hydroxyl groups is 1. The van der Waals surface area contributed by atoms with Crippen molar-refractivity contribution in [2.45, 2.75) is 24.4 Å². The molecule has 20 heavy (non-hydrogen) atoms. The summed E-state index contributed by atoms with van der Waals surface area (Å²) < 4.78 is 14.2. The molecular weight excluding hydrogens is 259 g/mol. The van der Waals surface area contributed by atoms with Gasteiger partial charge in [-0.25, -0.2) is 4.39 Å². The van der Waals surface area contributed by atoms with Crippen molar-refractivity contribution in [1.82, 2.24) is 10.6 Å². The van der Waals surface area contributed by atoms with Crippen LogP contribution < -0.4 is 10.6 Å². The molecule has 110 valence electrons. The Morgan fingerprint density at radius 1 is 1.45 bits per heavy atom. The Hall–Kier alpha value is -1.46. The predicted molar refractivity (Wildman–Crippen MR) is 75.2 cm³/mol. The number of carbonyl (C=O) groups excluding carboxylic acids is 1. The van der Waals surface area contributed by atoms with E-state index in [1.807, 2.05) is 30.3 Å². The minimum atomic E-state index is -1.79. The fourth-order valence-electron chi connectivity index (χ4n) is 2.50. The molecule has 2 atom stereocenters. The van der Waals surface area contributed by atoms with Gasteiger partial charge < -0.3 is 15.7 Å². The van der Waals surface area contributed by atoms with E-state index in [1.54, 1.807) is 0 Å². The number of aliphatic hydroxyl groups excluding tert-OH is 1. The number of rotatable bonds is 6. The van der Waals surface area contributed by atoms with Crippen LogP contribution in [-0.2, 0) is 4.79 Å². The minimum absolute atomic E-state index is 0.00288. The summed E-state index contributed by atoms with van der Waals surface area (Å²) >= 11 is 0. The molecule has 0 aromatic heterocycles. The van der Waals surface area contributed by atoms with E-state index < -0.39 is 11.6 Å². The first-order valence-electron chi connectivity index (χ1n) is 6.99. The number of alkyl halides is 1. The van der Waals surface area contributed by atoms with Gasteiger partial charge in [0, 0.05) is 32.0 Å². The van der Waals surface area contributed by atoms with Crippen molar-refractivity contribution in [2.75, 3.05) is 26.2 Å². The lowest BCUT2D eigenvalue weighted by molar-refractivity contribution is -0.131. The SMILES string of the molecule is O=C(NCC(CCO)c1ccccc1)C1(F)CCNC1. The summed E-state index contributed by atoms with van der Waals surface area (Å²) in [5, 5.41) is 14.7. The molecule has 1 fully saturated rings. The van der Waals surface area contributed by atoms with Gasteiger partial charge in [0.1, 0.15) is 0 Å². The Morgan fingerprint density at radius 2 is 2.20 bits per heavy atom. The van der Waals surface area contributed by atoms with E-state index >= 15 is 0 Å². The quantitative estimate of drug-likeness (QED) is 0.727. The summed E-state index contributed by atoms with van der Waals surface area (Å²) in [5.74, 6) is -0.551. The first-order valence-corrected chi connectivity index (χ1v) is 6.99. The smallest absolute Gasteiger partial charge is 0.259 e. The summed E-state index contributed by atoms with van der Waals surface area (Å²) in [6.07, 6.45) is 0.761. The van der Waals surface area contributed by atoms with E-state index in [2.05, 4.69) is 10.6 Å². The second-order valence-corrected chi connectivity index (χ2v) is 5.22. The van der Waals surface area contributed by atoms with E-state index in [0.29, 0.717) is 19.5 Å². The van der Waals surface area contributed by atoms with E-state index in [4.69, 9.17) is 5.11 Å². The summed E-state index contributed by atoms with van der Waals surface area (Å²) in [5.41, 5.74) is -0.750. The molecule has 1 saturated heterocycles. The molecule has 0 spiro atoms. The third-order valence-electron chi connectivity index (χ3n) is 3.77. The van der Waals surface area contributed by atoms with Crippen LogP contribution in [0, 0.1) is 0 Å². The van der Waals surface area contributed by atoms with Gasteiger partial charge in [0.25, 0.3) is 5.91 Å². The van der Waals surface area contributed by atoms with Gasteiger partial charge in [-0.2, -0.15) is 0 Å². The molecule has 3 N–H and O–H groups in total. The normalized spacial score (nSPS) is 23.5. The topological polar surface area (TPSA) is 61.4 Å². The van der Waals surface area contributed by atoms with Crippen molar-refractivity contribution in [1.29, 1.82) is 0 Å². The van der Waals surface area contributed by atoms with Crippen LogP contribution in [0.5, 0.6) is 0 Å². The highest BCUT2D eigenvalue weighted by Crippen LogP contribution is 2.22. The molecule has 1 amide bonds. The Bertz CT molecular complexity index is 433. The minimum Gasteiger partial charge on any atom is -0.396 e. The predicted octanol–water partition coefficient (Wildman–Crippen LogP) is 0.970. The van der Waals surface area contributed by atoms with E-state index in [1.165, 1.54) is 0 Å². The molecule has 1 heterocycles. The van der Waals surface area contributed by atoms with Crippen molar-refractivity contribution >= 4 is 5.91 Å². The summed E-state index contributed by atoms with van der Waals surface area (Å²) in [4.78, 5) is 11.9. The van der Waals surface area contributed by atoms with Crippen molar-refractivity contribution < 1.29 is 14.3 Å². The lowest BCUT2D eigenvalue weighted by atomic mass is 9.95. The molecule has 1 aliphatic rings. The van der Waals surface area contributed by atoms with E-state index in [9.17, 15) is 9.18 Å². The fourth-order valence-corrected chi connectivity index (χ4v) is 2.50. The largest absolute Gasteiger partial charge is 0.396 e. The number of hydrogen-bond acceptors (Lipinski definition) is 3. The van der Waals surface area contributed by atoms with E-state index in [-0.39, 0.29) is 25.5 Å². The first-order chi connectivity index (χ1) is 9.65. The molecule has 2 rings (SSSR count). The lowest BCUT2D eigenvalue weighted by Gasteiger charge is -2.21. The van der Waals surface area contributed by atoms with Crippen LogP contribution in [0.15, 0.2) is 30.3 Å². The maximum absolute atomic E-state index is 14.2. The highest BCUT2D eigenvalue weighted by molar-refractivity contribution is 5.85. The monoisotopic (exact) mass is 280 g/mol. The van der Waals surface area contributed by atoms with Crippen molar-refractivity contribution in [3.8, 4) is 0 Å². The maximum atomic E-state index is 14.2. The third kappa shape index (κ3) is 3.55. The zero-order valence-corrected chi connectivity index (χ0v) is 11.4. The lowest BCUT2D eigenvalue weighted by Crippen LogP contribution is -2.46. The molecule has 0 saturated carbocycles. The molecule has 4 nitrogen and oxygen atoms in total. The molecule has 1 aromatic rings. The summed E-state index contributed by atoms with van der Waals surface area (Å²) in [6, 6.07) is 9.65. The van der Waals surface area contributed by atoms with Gasteiger partial charge in [0.15, 0.2) is 0 Å². The van der Waals surface area contributed by atoms with Gasteiger partial charge in [0.05, 0.1) is 0 Å². The average Bonchev–Trinajstić information content (AvgIpc) is 2.92. The molecule has 0 radical (unpaired) electrons.